The van der Waals surface area contributed by atoms with Gasteiger partial charge in [0.1, 0.15) is 10.6 Å². The molecule has 0 radical (unpaired) electrons. The fraction of sp³-hybridized carbons (Fsp3) is 0.278. The second kappa shape index (κ2) is 5.84. The molecule has 1 unspecified atom stereocenters. The van der Waals surface area contributed by atoms with Crippen LogP contribution in [0.15, 0.2) is 35.5 Å². The molecular formula is C18H16F2N4S. The molecule has 3 heterocycles. The molecule has 0 aliphatic heterocycles. The molecule has 1 fully saturated rings. The van der Waals surface area contributed by atoms with Crippen LogP contribution in [0.4, 0.5) is 14.6 Å². The van der Waals surface area contributed by atoms with E-state index in [0.29, 0.717) is 12.2 Å². The molecule has 0 spiro atoms. The van der Waals surface area contributed by atoms with Crippen LogP contribution in [0.5, 0.6) is 0 Å². The van der Waals surface area contributed by atoms with Crippen molar-refractivity contribution in [3.05, 3.63) is 40.9 Å². The summed E-state index contributed by atoms with van der Waals surface area (Å²) in [6.07, 6.45) is 3.75. The molecule has 2 N–H and O–H groups in total. The number of hydrogen-bond donors (Lipinski definition) is 1. The SMILES string of the molecule is CN=Cc1cc(-c2ccc3cc(CC4CC4(F)F)sc3n2)cnc1N. The van der Waals surface area contributed by atoms with Gasteiger partial charge in [-0.1, -0.05) is 0 Å². The summed E-state index contributed by atoms with van der Waals surface area (Å²) in [5.74, 6) is -2.59. The van der Waals surface area contributed by atoms with Crippen molar-refractivity contribution in [2.45, 2.75) is 18.8 Å². The normalized spacial score (nSPS) is 18.9. The quantitative estimate of drug-likeness (QED) is 0.711. The molecule has 1 saturated carbocycles. The van der Waals surface area contributed by atoms with Gasteiger partial charge in [0.05, 0.1) is 5.69 Å². The molecule has 4 rings (SSSR count). The first kappa shape index (κ1) is 16.1. The molecule has 3 aromatic heterocycles. The van der Waals surface area contributed by atoms with Crippen LogP contribution in [0, 0.1) is 5.92 Å². The van der Waals surface area contributed by atoms with Gasteiger partial charge in [0.15, 0.2) is 0 Å². The van der Waals surface area contributed by atoms with E-state index in [0.717, 1.165) is 31.9 Å². The third-order valence-corrected chi connectivity index (χ3v) is 5.42. The maximum absolute atomic E-state index is 13.1. The molecular weight excluding hydrogens is 342 g/mol. The number of nitrogens with two attached hydrogens (primary N) is 1. The smallest absolute Gasteiger partial charge is 0.252 e. The van der Waals surface area contributed by atoms with E-state index >= 15 is 0 Å². The number of nitrogens with zero attached hydrogens (tertiary/aromatic N) is 3. The molecule has 25 heavy (non-hydrogen) atoms. The van der Waals surface area contributed by atoms with Crippen molar-refractivity contribution in [3.8, 4) is 11.3 Å². The minimum absolute atomic E-state index is 0.00120. The molecule has 0 amide bonds. The largest absolute Gasteiger partial charge is 0.383 e. The lowest BCUT2D eigenvalue weighted by atomic mass is 10.1. The van der Waals surface area contributed by atoms with Gasteiger partial charge in [-0.15, -0.1) is 11.3 Å². The molecule has 0 bridgehead atoms. The third kappa shape index (κ3) is 3.11. The monoisotopic (exact) mass is 358 g/mol. The Kier molecular flexibility index (Phi) is 3.76. The number of halogens is 2. The second-order valence-electron chi connectivity index (χ2n) is 6.26. The van der Waals surface area contributed by atoms with Crippen LogP contribution in [0.2, 0.25) is 0 Å². The lowest BCUT2D eigenvalue weighted by Gasteiger charge is -2.04. The van der Waals surface area contributed by atoms with Crippen LogP contribution in [0.25, 0.3) is 21.5 Å². The van der Waals surface area contributed by atoms with Crippen LogP contribution in [-0.2, 0) is 6.42 Å². The van der Waals surface area contributed by atoms with E-state index in [4.69, 9.17) is 5.73 Å². The van der Waals surface area contributed by atoms with Crippen molar-refractivity contribution >= 4 is 33.6 Å². The van der Waals surface area contributed by atoms with E-state index in [1.807, 2.05) is 24.3 Å². The van der Waals surface area contributed by atoms with E-state index in [9.17, 15) is 8.78 Å². The van der Waals surface area contributed by atoms with Crippen molar-refractivity contribution in [3.63, 3.8) is 0 Å². The highest BCUT2D eigenvalue weighted by molar-refractivity contribution is 7.18. The van der Waals surface area contributed by atoms with E-state index in [1.54, 1.807) is 19.5 Å². The van der Waals surface area contributed by atoms with Crippen molar-refractivity contribution in [1.29, 1.82) is 0 Å². The fourth-order valence-corrected chi connectivity index (χ4v) is 3.95. The van der Waals surface area contributed by atoms with Gasteiger partial charge < -0.3 is 5.73 Å². The standard InChI is InChI=1S/C18H16F2N4S/c1-22-8-12-4-11(9-23-16(12)21)15-3-2-10-5-14(25-17(10)24-15)6-13-7-18(13,19)20/h2-5,8-9,13H,6-7H2,1H3,(H2,21,23). The van der Waals surface area contributed by atoms with E-state index in [1.165, 1.54) is 11.3 Å². The number of hydrogen-bond acceptors (Lipinski definition) is 5. The first-order valence-corrected chi connectivity index (χ1v) is 8.73. The van der Waals surface area contributed by atoms with Gasteiger partial charge in [0.2, 0.25) is 0 Å². The summed E-state index contributed by atoms with van der Waals surface area (Å²) in [4.78, 5) is 14.6. The predicted molar refractivity (Wildman–Crippen MR) is 97.5 cm³/mol. The number of rotatable bonds is 4. The first-order valence-electron chi connectivity index (χ1n) is 7.91. The minimum atomic E-state index is -2.48. The zero-order chi connectivity index (χ0) is 17.6. The predicted octanol–water partition coefficient (Wildman–Crippen LogP) is 4.19. The number of nitrogen functional groups attached to an aromatic ring is 1. The molecule has 7 heteroatoms. The maximum Gasteiger partial charge on any atom is 0.252 e. The molecule has 1 aliphatic carbocycles. The van der Waals surface area contributed by atoms with Crippen LogP contribution in [0.3, 0.4) is 0 Å². The Balaban J connectivity index is 1.66. The van der Waals surface area contributed by atoms with Crippen molar-refractivity contribution in [2.75, 3.05) is 12.8 Å². The number of pyridine rings is 2. The molecule has 1 aliphatic rings. The Morgan fingerprint density at radius 2 is 2.20 bits per heavy atom. The zero-order valence-electron chi connectivity index (χ0n) is 13.5. The van der Waals surface area contributed by atoms with E-state index in [-0.39, 0.29) is 6.42 Å². The van der Waals surface area contributed by atoms with E-state index in [2.05, 4.69) is 15.0 Å². The van der Waals surface area contributed by atoms with Gasteiger partial charge in [-0.3, -0.25) is 4.99 Å². The van der Waals surface area contributed by atoms with Gasteiger partial charge in [-0.25, -0.2) is 18.7 Å². The summed E-state index contributed by atoms with van der Waals surface area (Å²) in [7, 11) is 1.67. The summed E-state index contributed by atoms with van der Waals surface area (Å²) in [6.45, 7) is 0. The van der Waals surface area contributed by atoms with Gasteiger partial charge in [0.25, 0.3) is 5.92 Å². The number of thiophene rings is 1. The second-order valence-corrected chi connectivity index (χ2v) is 7.37. The number of aromatic nitrogens is 2. The van der Waals surface area contributed by atoms with E-state index < -0.39 is 11.8 Å². The van der Waals surface area contributed by atoms with Gasteiger partial charge in [0, 0.05) is 53.2 Å². The summed E-state index contributed by atoms with van der Waals surface area (Å²) < 4.78 is 26.2. The Bertz CT molecular complexity index is 980. The highest BCUT2D eigenvalue weighted by Crippen LogP contribution is 2.51. The van der Waals surface area contributed by atoms with Crippen LogP contribution < -0.4 is 5.73 Å². The van der Waals surface area contributed by atoms with Gasteiger partial charge in [-0.2, -0.15) is 0 Å². The van der Waals surface area contributed by atoms with Crippen molar-refractivity contribution < 1.29 is 8.78 Å². The number of anilines is 1. The Hall–Kier alpha value is -2.41. The fourth-order valence-electron chi connectivity index (χ4n) is 2.84. The maximum atomic E-state index is 13.1. The molecule has 1 atom stereocenters. The molecule has 3 aromatic rings. The number of fused-ring (bicyclic) bond motifs is 1. The minimum Gasteiger partial charge on any atom is -0.383 e. The molecule has 0 aromatic carbocycles. The Morgan fingerprint density at radius 3 is 2.92 bits per heavy atom. The summed E-state index contributed by atoms with van der Waals surface area (Å²) in [5.41, 5.74) is 8.20. The first-order chi connectivity index (χ1) is 12.0. The van der Waals surface area contributed by atoms with Crippen LogP contribution in [0.1, 0.15) is 16.9 Å². The van der Waals surface area contributed by atoms with Gasteiger partial charge >= 0.3 is 0 Å². The lowest BCUT2D eigenvalue weighted by Crippen LogP contribution is -1.98. The lowest BCUT2D eigenvalue weighted by molar-refractivity contribution is 0.0991. The highest BCUT2D eigenvalue weighted by atomic mass is 32.1. The highest BCUT2D eigenvalue weighted by Gasteiger charge is 2.56. The average Bonchev–Trinajstić information content (AvgIpc) is 2.99. The number of alkyl halides is 2. The summed E-state index contributed by atoms with van der Waals surface area (Å²) in [6, 6.07) is 7.72. The summed E-state index contributed by atoms with van der Waals surface area (Å²) in [5, 5.41) is 0.978. The number of aliphatic imine (C=N–C) groups is 1. The third-order valence-electron chi connectivity index (χ3n) is 4.35. The van der Waals surface area contributed by atoms with Crippen molar-refractivity contribution in [2.24, 2.45) is 10.9 Å². The molecule has 4 nitrogen and oxygen atoms in total. The molecule has 128 valence electrons. The Labute approximate surface area is 147 Å². The zero-order valence-corrected chi connectivity index (χ0v) is 14.4. The van der Waals surface area contributed by atoms with Crippen LogP contribution >= 0.6 is 11.3 Å². The topological polar surface area (TPSA) is 64.2 Å². The van der Waals surface area contributed by atoms with Gasteiger partial charge in [-0.05, 0) is 30.7 Å². The summed E-state index contributed by atoms with van der Waals surface area (Å²) >= 11 is 1.48. The average molecular weight is 358 g/mol. The van der Waals surface area contributed by atoms with Crippen LogP contribution in [-0.4, -0.2) is 29.2 Å². The Morgan fingerprint density at radius 1 is 1.40 bits per heavy atom. The van der Waals surface area contributed by atoms with Crippen molar-refractivity contribution in [1.82, 2.24) is 9.97 Å². The molecule has 0 saturated heterocycles.